The molecule has 5 heteroatoms. The van der Waals surface area contributed by atoms with Gasteiger partial charge in [0.1, 0.15) is 11.5 Å². The molecular weight excluding hydrogens is 274 g/mol. The molecule has 0 aliphatic rings. The number of pyridine rings is 2. The van der Waals surface area contributed by atoms with Crippen molar-refractivity contribution < 1.29 is 4.79 Å². The maximum absolute atomic E-state index is 12.2. The highest BCUT2D eigenvalue weighted by molar-refractivity contribution is 6.03. The molecule has 0 aliphatic carbocycles. The van der Waals surface area contributed by atoms with Gasteiger partial charge in [-0.15, -0.1) is 12.4 Å². The summed E-state index contributed by atoms with van der Waals surface area (Å²) in [5, 5.41) is 2.76. The molecule has 106 valence electrons. The Morgan fingerprint density at radius 3 is 2.65 bits per heavy atom. The van der Waals surface area contributed by atoms with Crippen LogP contribution in [-0.2, 0) is 6.42 Å². The van der Waals surface area contributed by atoms with Crippen LogP contribution in [0.1, 0.15) is 35.8 Å². The number of halogens is 1. The van der Waals surface area contributed by atoms with Gasteiger partial charge >= 0.3 is 0 Å². The number of carbonyl (C=O) groups is 1. The lowest BCUT2D eigenvalue weighted by Crippen LogP contribution is -2.16. The normalized spacial score (nSPS) is 9.65. The van der Waals surface area contributed by atoms with Gasteiger partial charge in [0.2, 0.25) is 0 Å². The Kier molecular flexibility index (Phi) is 6.67. The van der Waals surface area contributed by atoms with Crippen molar-refractivity contribution in [3.05, 3.63) is 54.0 Å². The summed E-state index contributed by atoms with van der Waals surface area (Å²) < 4.78 is 0. The summed E-state index contributed by atoms with van der Waals surface area (Å²) in [5.74, 6) is 0.338. The molecule has 2 aromatic heterocycles. The number of unbranched alkanes of at least 4 members (excludes halogenated alkanes) is 1. The molecule has 0 spiro atoms. The van der Waals surface area contributed by atoms with Crippen LogP contribution in [0.5, 0.6) is 0 Å². The van der Waals surface area contributed by atoms with Gasteiger partial charge in [-0.3, -0.25) is 9.78 Å². The second-order valence-electron chi connectivity index (χ2n) is 4.28. The Bertz CT molecular complexity index is 546. The zero-order chi connectivity index (χ0) is 13.5. The van der Waals surface area contributed by atoms with Gasteiger partial charge in [0.25, 0.3) is 5.91 Å². The van der Waals surface area contributed by atoms with E-state index in [9.17, 15) is 4.79 Å². The number of nitrogens with zero attached hydrogens (tertiary/aromatic N) is 2. The molecule has 0 saturated heterocycles. The lowest BCUT2D eigenvalue weighted by molar-refractivity contribution is 0.102. The molecule has 2 rings (SSSR count). The first-order valence-corrected chi connectivity index (χ1v) is 6.47. The third-order valence-corrected chi connectivity index (χ3v) is 2.81. The first-order chi connectivity index (χ1) is 9.31. The molecule has 0 fully saturated rings. The summed E-state index contributed by atoms with van der Waals surface area (Å²) in [7, 11) is 0. The molecular formula is C15H18ClN3O. The highest BCUT2D eigenvalue weighted by Crippen LogP contribution is 2.11. The van der Waals surface area contributed by atoms with E-state index in [0.29, 0.717) is 11.5 Å². The molecule has 0 bridgehead atoms. The third kappa shape index (κ3) is 4.31. The number of anilines is 1. The largest absolute Gasteiger partial charge is 0.305 e. The molecule has 0 atom stereocenters. The predicted octanol–water partition coefficient (Wildman–Crippen LogP) is 3.49. The maximum Gasteiger partial charge on any atom is 0.275 e. The summed E-state index contributed by atoms with van der Waals surface area (Å²) in [6.07, 6.45) is 6.30. The first kappa shape index (κ1) is 16.1. The summed E-state index contributed by atoms with van der Waals surface area (Å²) >= 11 is 0. The molecule has 2 aromatic rings. The van der Waals surface area contributed by atoms with Gasteiger partial charge in [0.15, 0.2) is 0 Å². The number of hydrogen-bond donors (Lipinski definition) is 1. The number of amides is 1. The van der Waals surface area contributed by atoms with Crippen LogP contribution < -0.4 is 5.32 Å². The number of hydrogen-bond acceptors (Lipinski definition) is 3. The van der Waals surface area contributed by atoms with E-state index in [1.54, 1.807) is 18.5 Å². The summed E-state index contributed by atoms with van der Waals surface area (Å²) in [6.45, 7) is 2.13. The van der Waals surface area contributed by atoms with Crippen molar-refractivity contribution >= 4 is 24.1 Å². The van der Waals surface area contributed by atoms with E-state index in [1.807, 2.05) is 24.3 Å². The molecule has 20 heavy (non-hydrogen) atoms. The molecule has 1 N–H and O–H groups in total. The Morgan fingerprint density at radius 2 is 1.95 bits per heavy atom. The lowest BCUT2D eigenvalue weighted by atomic mass is 10.1. The summed E-state index contributed by atoms with van der Waals surface area (Å²) in [4.78, 5) is 20.4. The minimum absolute atomic E-state index is 0. The number of rotatable bonds is 5. The third-order valence-electron chi connectivity index (χ3n) is 2.81. The smallest absolute Gasteiger partial charge is 0.275 e. The number of nitrogens with one attached hydrogen (secondary N) is 1. The zero-order valence-electron chi connectivity index (χ0n) is 11.4. The van der Waals surface area contributed by atoms with E-state index < -0.39 is 0 Å². The van der Waals surface area contributed by atoms with Crippen LogP contribution in [0.2, 0.25) is 0 Å². The monoisotopic (exact) mass is 291 g/mol. The van der Waals surface area contributed by atoms with Crippen molar-refractivity contribution in [2.75, 3.05) is 5.32 Å². The highest BCUT2D eigenvalue weighted by Gasteiger charge is 2.12. The Morgan fingerprint density at radius 1 is 1.15 bits per heavy atom. The van der Waals surface area contributed by atoms with Crippen molar-refractivity contribution in [2.45, 2.75) is 26.2 Å². The fraction of sp³-hybridized carbons (Fsp3) is 0.267. The molecule has 4 nitrogen and oxygen atoms in total. The van der Waals surface area contributed by atoms with Crippen molar-refractivity contribution in [3.63, 3.8) is 0 Å². The lowest BCUT2D eigenvalue weighted by Gasteiger charge is -2.08. The molecule has 0 aromatic carbocycles. The van der Waals surface area contributed by atoms with E-state index in [0.717, 1.165) is 24.8 Å². The number of carbonyl (C=O) groups excluding carboxylic acids is 1. The van der Waals surface area contributed by atoms with Crippen LogP contribution >= 0.6 is 12.4 Å². The first-order valence-electron chi connectivity index (χ1n) is 6.47. The molecule has 0 radical (unpaired) electrons. The maximum atomic E-state index is 12.2. The van der Waals surface area contributed by atoms with Gasteiger partial charge in [-0.05, 0) is 36.6 Å². The van der Waals surface area contributed by atoms with E-state index in [2.05, 4.69) is 22.2 Å². The van der Waals surface area contributed by atoms with Crippen LogP contribution in [0.25, 0.3) is 0 Å². The van der Waals surface area contributed by atoms with Crippen molar-refractivity contribution in [1.82, 2.24) is 9.97 Å². The quantitative estimate of drug-likeness (QED) is 0.917. The SMILES string of the molecule is CCCCc1cccnc1C(=O)Nc1ccccn1.Cl. The van der Waals surface area contributed by atoms with Crippen molar-refractivity contribution in [2.24, 2.45) is 0 Å². The van der Waals surface area contributed by atoms with Gasteiger partial charge in [-0.25, -0.2) is 4.98 Å². The van der Waals surface area contributed by atoms with E-state index in [1.165, 1.54) is 0 Å². The Labute approximate surface area is 125 Å². The average Bonchev–Trinajstić information content (AvgIpc) is 2.46. The van der Waals surface area contributed by atoms with E-state index in [4.69, 9.17) is 0 Å². The van der Waals surface area contributed by atoms with Crippen LogP contribution in [0.3, 0.4) is 0 Å². The van der Waals surface area contributed by atoms with Crippen LogP contribution in [-0.4, -0.2) is 15.9 Å². The van der Waals surface area contributed by atoms with Crippen molar-refractivity contribution in [1.29, 1.82) is 0 Å². The minimum Gasteiger partial charge on any atom is -0.305 e. The van der Waals surface area contributed by atoms with Crippen LogP contribution in [0.4, 0.5) is 5.82 Å². The van der Waals surface area contributed by atoms with E-state index >= 15 is 0 Å². The number of aromatic nitrogens is 2. The fourth-order valence-electron chi connectivity index (χ4n) is 1.82. The Hall–Kier alpha value is -1.94. The van der Waals surface area contributed by atoms with Gasteiger partial charge in [0.05, 0.1) is 0 Å². The second-order valence-corrected chi connectivity index (χ2v) is 4.28. The number of aryl methyl sites for hydroxylation is 1. The summed E-state index contributed by atoms with van der Waals surface area (Å²) in [6, 6.07) is 9.22. The van der Waals surface area contributed by atoms with Gasteiger partial charge in [-0.1, -0.05) is 25.5 Å². The van der Waals surface area contributed by atoms with Crippen molar-refractivity contribution in [3.8, 4) is 0 Å². The van der Waals surface area contributed by atoms with Gasteiger partial charge in [-0.2, -0.15) is 0 Å². The van der Waals surface area contributed by atoms with Gasteiger partial charge < -0.3 is 5.32 Å². The van der Waals surface area contributed by atoms with Crippen LogP contribution in [0, 0.1) is 0 Å². The molecule has 0 unspecified atom stereocenters. The minimum atomic E-state index is -0.203. The second kappa shape index (κ2) is 8.27. The summed E-state index contributed by atoms with van der Waals surface area (Å²) in [5.41, 5.74) is 1.47. The molecule has 0 saturated carbocycles. The highest BCUT2D eigenvalue weighted by atomic mass is 35.5. The van der Waals surface area contributed by atoms with Crippen LogP contribution in [0.15, 0.2) is 42.7 Å². The molecule has 1 amide bonds. The van der Waals surface area contributed by atoms with Gasteiger partial charge in [0, 0.05) is 12.4 Å². The zero-order valence-corrected chi connectivity index (χ0v) is 12.2. The van der Waals surface area contributed by atoms with E-state index in [-0.39, 0.29) is 18.3 Å². The standard InChI is InChI=1S/C15H17N3O.ClH/c1-2-3-7-12-8-6-11-17-14(12)15(19)18-13-9-4-5-10-16-13;/h4-6,8-11H,2-3,7H2,1H3,(H,16,18,19);1H. The average molecular weight is 292 g/mol. The topological polar surface area (TPSA) is 54.9 Å². The predicted molar refractivity (Wildman–Crippen MR) is 82.3 cm³/mol. The fourth-order valence-corrected chi connectivity index (χ4v) is 1.82. The molecule has 0 aliphatic heterocycles. The Balaban J connectivity index is 0.00000200. The molecule has 2 heterocycles.